The molecule has 2 aromatic carbocycles. The molecule has 1 saturated carbocycles. The average molecular weight is 440 g/mol. The molecule has 2 N–H and O–H groups in total. The number of hydrogen-bond donors (Lipinski definition) is 2. The summed E-state index contributed by atoms with van der Waals surface area (Å²) in [5, 5.41) is 6.69. The molecule has 1 aliphatic heterocycles. The first kappa shape index (κ1) is 21.7. The van der Waals surface area contributed by atoms with Crippen LogP contribution >= 0.6 is 11.6 Å². The van der Waals surface area contributed by atoms with Gasteiger partial charge in [0.2, 0.25) is 11.8 Å². The second-order valence-electron chi connectivity index (χ2n) is 8.55. The number of carbonyl (C=O) groups is 2. The lowest BCUT2D eigenvalue weighted by Gasteiger charge is -2.20. The molecule has 0 radical (unpaired) electrons. The van der Waals surface area contributed by atoms with Crippen LogP contribution in [0.15, 0.2) is 48.5 Å². The third kappa shape index (κ3) is 5.21. The van der Waals surface area contributed by atoms with E-state index in [1.54, 1.807) is 0 Å². The van der Waals surface area contributed by atoms with Gasteiger partial charge in [-0.1, -0.05) is 49.2 Å². The van der Waals surface area contributed by atoms with Gasteiger partial charge in [0.1, 0.15) is 6.04 Å². The summed E-state index contributed by atoms with van der Waals surface area (Å²) in [5.74, 6) is -0.213. The molecular weight excluding hydrogens is 410 g/mol. The van der Waals surface area contributed by atoms with Crippen LogP contribution in [0.5, 0.6) is 0 Å². The zero-order chi connectivity index (χ0) is 21.8. The fourth-order valence-electron chi connectivity index (χ4n) is 4.43. The average Bonchev–Trinajstić information content (AvgIpc) is 3.37. The normalized spacial score (nSPS) is 20.9. The Bertz CT molecular complexity index is 942. The first-order chi connectivity index (χ1) is 15.1. The monoisotopic (exact) mass is 439 g/mol. The highest BCUT2D eigenvalue weighted by Gasteiger charge is 2.45. The molecule has 164 valence electrons. The summed E-state index contributed by atoms with van der Waals surface area (Å²) < 4.78 is 0. The van der Waals surface area contributed by atoms with Gasteiger partial charge in [-0.2, -0.15) is 0 Å². The lowest BCUT2D eigenvalue weighted by molar-refractivity contribution is -0.127. The van der Waals surface area contributed by atoms with E-state index in [9.17, 15) is 9.59 Å². The Morgan fingerprint density at radius 3 is 2.65 bits per heavy atom. The maximum atomic E-state index is 13.0. The Hall–Kier alpha value is -2.53. The molecule has 1 aliphatic carbocycles. The van der Waals surface area contributed by atoms with Crippen LogP contribution in [-0.2, 0) is 9.59 Å². The Kier molecular flexibility index (Phi) is 6.81. The molecule has 0 spiro atoms. The van der Waals surface area contributed by atoms with Crippen molar-refractivity contribution in [2.45, 2.75) is 51.0 Å². The van der Waals surface area contributed by atoms with Gasteiger partial charge in [-0.05, 0) is 61.4 Å². The predicted octanol–water partition coefficient (Wildman–Crippen LogP) is 4.97. The molecule has 6 heteroatoms. The second-order valence-corrected chi connectivity index (χ2v) is 8.96. The summed E-state index contributed by atoms with van der Waals surface area (Å²) in [6, 6.07) is 15.1. The molecular formula is C25H30ClN3O2. The molecule has 31 heavy (non-hydrogen) atoms. The Labute approximate surface area is 189 Å². The minimum absolute atomic E-state index is 0.0654. The van der Waals surface area contributed by atoms with E-state index in [1.807, 2.05) is 49.4 Å². The molecule has 0 bridgehead atoms. The Morgan fingerprint density at radius 1 is 1.13 bits per heavy atom. The third-order valence-corrected chi connectivity index (χ3v) is 6.57. The van der Waals surface area contributed by atoms with Gasteiger partial charge in [-0.15, -0.1) is 0 Å². The number of anilines is 2. The molecule has 4 rings (SSSR count). The first-order valence-electron chi connectivity index (χ1n) is 11.3. The molecule has 2 aromatic rings. The highest BCUT2D eigenvalue weighted by molar-refractivity contribution is 6.31. The lowest BCUT2D eigenvalue weighted by Crippen LogP contribution is -2.44. The van der Waals surface area contributed by atoms with Crippen LogP contribution in [0.4, 0.5) is 11.4 Å². The number of hydrogen-bond acceptors (Lipinski definition) is 3. The Balaban J connectivity index is 1.37. The highest BCUT2D eigenvalue weighted by atomic mass is 35.5. The molecule has 0 aromatic heterocycles. The second kappa shape index (κ2) is 9.73. The molecule has 1 saturated heterocycles. The van der Waals surface area contributed by atoms with Gasteiger partial charge in [0.25, 0.3) is 0 Å². The topological polar surface area (TPSA) is 61.4 Å². The maximum Gasteiger partial charge on any atom is 0.246 e. The van der Waals surface area contributed by atoms with Gasteiger partial charge in [0, 0.05) is 35.4 Å². The molecule has 3 atom stereocenters. The van der Waals surface area contributed by atoms with Gasteiger partial charge in [-0.3, -0.25) is 9.59 Å². The van der Waals surface area contributed by atoms with Crippen LogP contribution in [0.25, 0.3) is 0 Å². The number of carbonyl (C=O) groups excluding carboxylic acids is 2. The van der Waals surface area contributed by atoms with Gasteiger partial charge >= 0.3 is 0 Å². The predicted molar refractivity (Wildman–Crippen MR) is 126 cm³/mol. The maximum absolute atomic E-state index is 13.0. The standard InChI is InChI=1S/C25H30ClN3O2/c1-2-8-23(28-24(30)21-16-20(21)19-11-3-4-12-22(19)26)25(31)27-17-9-7-10-18(15-17)29-13-5-6-14-29/h3-4,7,9-12,15,20-21,23H,2,5-6,8,13-14,16H2,1H3,(H,27,31)(H,28,30). The van der Waals surface area contributed by atoms with E-state index in [4.69, 9.17) is 11.6 Å². The van der Waals surface area contributed by atoms with E-state index < -0.39 is 6.04 Å². The van der Waals surface area contributed by atoms with Gasteiger partial charge in [-0.25, -0.2) is 0 Å². The van der Waals surface area contributed by atoms with Crippen molar-refractivity contribution < 1.29 is 9.59 Å². The minimum Gasteiger partial charge on any atom is -0.371 e. The molecule has 2 aliphatic rings. The molecule has 5 nitrogen and oxygen atoms in total. The fraction of sp³-hybridized carbons (Fsp3) is 0.440. The number of rotatable bonds is 8. The van der Waals surface area contributed by atoms with Crippen LogP contribution in [0, 0.1) is 5.92 Å². The minimum atomic E-state index is -0.541. The summed E-state index contributed by atoms with van der Waals surface area (Å²) in [5.41, 5.74) is 2.91. The highest BCUT2D eigenvalue weighted by Crippen LogP contribution is 2.49. The zero-order valence-corrected chi connectivity index (χ0v) is 18.7. The van der Waals surface area contributed by atoms with Crippen LogP contribution in [0.3, 0.4) is 0 Å². The van der Waals surface area contributed by atoms with Crippen molar-refractivity contribution in [3.8, 4) is 0 Å². The van der Waals surface area contributed by atoms with Crippen molar-refractivity contribution in [3.63, 3.8) is 0 Å². The number of nitrogens with zero attached hydrogens (tertiary/aromatic N) is 1. The summed E-state index contributed by atoms with van der Waals surface area (Å²) in [6.07, 6.45) is 4.60. The van der Waals surface area contributed by atoms with E-state index in [0.717, 1.165) is 42.9 Å². The largest absolute Gasteiger partial charge is 0.371 e. The summed E-state index contributed by atoms with van der Waals surface area (Å²) in [4.78, 5) is 28.1. The van der Waals surface area contributed by atoms with Crippen molar-refractivity contribution in [2.75, 3.05) is 23.3 Å². The third-order valence-electron chi connectivity index (χ3n) is 6.23. The van der Waals surface area contributed by atoms with E-state index >= 15 is 0 Å². The van der Waals surface area contributed by atoms with Crippen molar-refractivity contribution >= 4 is 34.8 Å². The van der Waals surface area contributed by atoms with E-state index in [-0.39, 0.29) is 23.7 Å². The summed E-state index contributed by atoms with van der Waals surface area (Å²) in [6.45, 7) is 4.13. The Morgan fingerprint density at radius 2 is 1.90 bits per heavy atom. The lowest BCUT2D eigenvalue weighted by atomic mass is 10.1. The van der Waals surface area contributed by atoms with E-state index in [0.29, 0.717) is 11.4 Å². The number of nitrogens with one attached hydrogen (secondary N) is 2. The van der Waals surface area contributed by atoms with Crippen LogP contribution < -0.4 is 15.5 Å². The number of halogens is 1. The number of amides is 2. The van der Waals surface area contributed by atoms with Crippen LogP contribution in [-0.4, -0.2) is 30.9 Å². The SMILES string of the molecule is CCCC(NC(=O)C1CC1c1ccccc1Cl)C(=O)Nc1cccc(N2CCCC2)c1. The van der Waals surface area contributed by atoms with Crippen molar-refractivity contribution in [1.82, 2.24) is 5.32 Å². The number of benzene rings is 2. The quantitative estimate of drug-likeness (QED) is 0.610. The van der Waals surface area contributed by atoms with Gasteiger partial charge < -0.3 is 15.5 Å². The zero-order valence-electron chi connectivity index (χ0n) is 17.9. The fourth-order valence-corrected chi connectivity index (χ4v) is 4.70. The smallest absolute Gasteiger partial charge is 0.246 e. The molecule has 1 heterocycles. The van der Waals surface area contributed by atoms with Crippen molar-refractivity contribution in [1.29, 1.82) is 0 Å². The van der Waals surface area contributed by atoms with Crippen LogP contribution in [0.1, 0.15) is 50.5 Å². The molecule has 2 fully saturated rings. The van der Waals surface area contributed by atoms with Gasteiger partial charge in [0.15, 0.2) is 0 Å². The molecule has 2 amide bonds. The first-order valence-corrected chi connectivity index (χ1v) is 11.6. The molecule has 3 unspecified atom stereocenters. The van der Waals surface area contributed by atoms with E-state index in [1.165, 1.54) is 12.8 Å². The van der Waals surface area contributed by atoms with Crippen molar-refractivity contribution in [2.24, 2.45) is 5.92 Å². The van der Waals surface area contributed by atoms with E-state index in [2.05, 4.69) is 21.6 Å². The summed E-state index contributed by atoms with van der Waals surface area (Å²) in [7, 11) is 0. The van der Waals surface area contributed by atoms with Crippen LogP contribution in [0.2, 0.25) is 5.02 Å². The van der Waals surface area contributed by atoms with Crippen molar-refractivity contribution in [3.05, 3.63) is 59.1 Å². The summed E-state index contributed by atoms with van der Waals surface area (Å²) >= 11 is 6.29. The van der Waals surface area contributed by atoms with Gasteiger partial charge in [0.05, 0.1) is 0 Å².